The minimum absolute atomic E-state index is 0.0430. The second-order valence-corrected chi connectivity index (χ2v) is 5.28. The summed E-state index contributed by atoms with van der Waals surface area (Å²) in [4.78, 5) is 27.7. The normalized spacial score (nSPS) is 10.4. The second-order valence-electron chi connectivity index (χ2n) is 4.84. The molecule has 0 aliphatic heterocycles. The molecule has 0 fully saturated rings. The van der Waals surface area contributed by atoms with Crippen molar-refractivity contribution in [1.29, 1.82) is 0 Å². The van der Waals surface area contributed by atoms with Crippen molar-refractivity contribution in [2.75, 3.05) is 23.4 Å². The molecule has 1 amide bonds. The van der Waals surface area contributed by atoms with Gasteiger partial charge in [0.25, 0.3) is 11.5 Å². The number of hydrogen-bond donors (Lipinski definition) is 3. The van der Waals surface area contributed by atoms with Gasteiger partial charge in [-0.05, 0) is 30.7 Å². The van der Waals surface area contributed by atoms with Crippen LogP contribution in [-0.2, 0) is 11.8 Å². The average Bonchev–Trinajstić information content (AvgIpc) is 2.48. The third-order valence-electron chi connectivity index (χ3n) is 3.11. The maximum absolute atomic E-state index is 12.0. The molecule has 1 aromatic carbocycles. The van der Waals surface area contributed by atoms with Crippen LogP contribution in [0, 0.1) is 6.92 Å². The number of hydrogen-bond acceptors (Lipinski definition) is 6. The number of aryl methyl sites for hydroxylation is 1. The first-order valence-electron chi connectivity index (χ1n) is 6.60. The number of nitrogens with zero attached hydrogens (tertiary/aromatic N) is 2. The molecule has 0 aliphatic rings. The van der Waals surface area contributed by atoms with Crippen LogP contribution in [0.1, 0.15) is 5.56 Å². The van der Waals surface area contributed by atoms with Crippen LogP contribution in [-0.4, -0.2) is 22.1 Å². The summed E-state index contributed by atoms with van der Waals surface area (Å²) in [6.07, 6.45) is 0. The molecular formula is C14H16ClN5O3. The Balaban J connectivity index is 2.09. The number of ether oxygens (including phenoxy) is 1. The standard InChI is InChI=1S/C14H16ClN5O3/c1-7-5-8(15)3-4-9(7)23-6-10(21)18-11-12(16)19-14(17)20(2)13(11)22/h3-5H,6,16H2,1-2H3,(H2,17,19)(H,18,21). The number of carbonyl (C=O) groups is 1. The number of aromatic nitrogens is 2. The summed E-state index contributed by atoms with van der Waals surface area (Å²) in [5, 5.41) is 2.95. The zero-order valence-corrected chi connectivity index (χ0v) is 13.3. The summed E-state index contributed by atoms with van der Waals surface area (Å²) < 4.78 is 6.47. The molecule has 1 aromatic heterocycles. The summed E-state index contributed by atoms with van der Waals surface area (Å²) in [6, 6.07) is 5.02. The second kappa shape index (κ2) is 6.57. The van der Waals surface area contributed by atoms with E-state index in [0.29, 0.717) is 10.8 Å². The molecule has 0 bridgehead atoms. The number of nitrogen functional groups attached to an aromatic ring is 2. The zero-order chi connectivity index (χ0) is 17.1. The summed E-state index contributed by atoms with van der Waals surface area (Å²) >= 11 is 5.85. The molecule has 2 aromatic rings. The summed E-state index contributed by atoms with van der Waals surface area (Å²) in [5.74, 6) is -0.226. The first-order chi connectivity index (χ1) is 10.8. The molecule has 2 rings (SSSR count). The first kappa shape index (κ1) is 16.6. The highest BCUT2D eigenvalue weighted by molar-refractivity contribution is 6.30. The van der Waals surface area contributed by atoms with E-state index in [-0.39, 0.29) is 24.1 Å². The van der Waals surface area contributed by atoms with E-state index in [1.807, 2.05) is 0 Å². The molecule has 0 saturated heterocycles. The smallest absolute Gasteiger partial charge is 0.280 e. The molecule has 0 atom stereocenters. The monoisotopic (exact) mass is 337 g/mol. The van der Waals surface area contributed by atoms with Gasteiger partial charge in [-0.15, -0.1) is 0 Å². The van der Waals surface area contributed by atoms with Crippen molar-refractivity contribution in [3.8, 4) is 5.75 Å². The van der Waals surface area contributed by atoms with Gasteiger partial charge in [0.15, 0.2) is 18.1 Å². The average molecular weight is 338 g/mol. The Morgan fingerprint density at radius 1 is 1.43 bits per heavy atom. The Labute approximate surface area is 137 Å². The minimum Gasteiger partial charge on any atom is -0.483 e. The van der Waals surface area contributed by atoms with Gasteiger partial charge in [0.05, 0.1) is 0 Å². The summed E-state index contributed by atoms with van der Waals surface area (Å²) in [6.45, 7) is 1.51. The number of rotatable bonds is 4. The summed E-state index contributed by atoms with van der Waals surface area (Å²) in [7, 11) is 1.42. The molecule has 0 radical (unpaired) electrons. The van der Waals surface area contributed by atoms with Crippen molar-refractivity contribution in [2.45, 2.75) is 6.92 Å². The van der Waals surface area contributed by atoms with Gasteiger partial charge in [0.1, 0.15) is 5.75 Å². The number of benzene rings is 1. The van der Waals surface area contributed by atoms with Crippen LogP contribution in [0.2, 0.25) is 5.02 Å². The van der Waals surface area contributed by atoms with E-state index >= 15 is 0 Å². The van der Waals surface area contributed by atoms with Crippen LogP contribution in [0.5, 0.6) is 5.75 Å². The highest BCUT2D eigenvalue weighted by Gasteiger charge is 2.14. The van der Waals surface area contributed by atoms with Crippen LogP contribution in [0.3, 0.4) is 0 Å². The van der Waals surface area contributed by atoms with Gasteiger partial charge in [-0.3, -0.25) is 14.2 Å². The van der Waals surface area contributed by atoms with Gasteiger partial charge in [-0.1, -0.05) is 11.6 Å². The van der Waals surface area contributed by atoms with Gasteiger partial charge in [0, 0.05) is 12.1 Å². The lowest BCUT2D eigenvalue weighted by atomic mass is 10.2. The predicted molar refractivity (Wildman–Crippen MR) is 88.6 cm³/mol. The minimum atomic E-state index is -0.550. The van der Waals surface area contributed by atoms with Gasteiger partial charge in [0.2, 0.25) is 5.95 Å². The van der Waals surface area contributed by atoms with Crippen LogP contribution >= 0.6 is 11.6 Å². The molecule has 1 heterocycles. The van der Waals surface area contributed by atoms with E-state index in [9.17, 15) is 9.59 Å². The van der Waals surface area contributed by atoms with E-state index in [1.54, 1.807) is 25.1 Å². The number of nitrogens with two attached hydrogens (primary N) is 2. The maximum atomic E-state index is 12.0. The lowest BCUT2D eigenvalue weighted by Crippen LogP contribution is -2.30. The Hall–Kier alpha value is -2.74. The van der Waals surface area contributed by atoms with E-state index in [4.69, 9.17) is 27.8 Å². The maximum Gasteiger partial charge on any atom is 0.280 e. The van der Waals surface area contributed by atoms with Crippen molar-refractivity contribution in [3.05, 3.63) is 39.1 Å². The van der Waals surface area contributed by atoms with Crippen LogP contribution < -0.4 is 27.1 Å². The van der Waals surface area contributed by atoms with Crippen LogP contribution in [0.25, 0.3) is 0 Å². The van der Waals surface area contributed by atoms with E-state index in [1.165, 1.54) is 7.05 Å². The van der Waals surface area contributed by atoms with E-state index < -0.39 is 11.5 Å². The number of amides is 1. The van der Waals surface area contributed by atoms with Gasteiger partial charge in [-0.25, -0.2) is 0 Å². The Kier molecular flexibility index (Phi) is 4.75. The SMILES string of the molecule is Cc1cc(Cl)ccc1OCC(=O)Nc1c(N)nc(N)n(C)c1=O. The largest absolute Gasteiger partial charge is 0.483 e. The molecule has 5 N–H and O–H groups in total. The third kappa shape index (κ3) is 3.72. The van der Waals surface area contributed by atoms with Crippen molar-refractivity contribution < 1.29 is 9.53 Å². The molecule has 122 valence electrons. The van der Waals surface area contributed by atoms with E-state index in [2.05, 4.69) is 10.3 Å². The molecule has 0 spiro atoms. The number of carbonyl (C=O) groups excluding carboxylic acids is 1. The highest BCUT2D eigenvalue weighted by atomic mass is 35.5. The van der Waals surface area contributed by atoms with Gasteiger partial charge >= 0.3 is 0 Å². The fraction of sp³-hybridized carbons (Fsp3) is 0.214. The fourth-order valence-corrected chi connectivity index (χ4v) is 2.07. The van der Waals surface area contributed by atoms with Crippen molar-refractivity contribution in [2.24, 2.45) is 7.05 Å². The number of anilines is 3. The molecule has 23 heavy (non-hydrogen) atoms. The lowest BCUT2D eigenvalue weighted by Gasteiger charge is -2.12. The molecule has 8 nitrogen and oxygen atoms in total. The Morgan fingerprint density at radius 3 is 2.78 bits per heavy atom. The highest BCUT2D eigenvalue weighted by Crippen LogP contribution is 2.21. The van der Waals surface area contributed by atoms with Crippen molar-refractivity contribution >= 4 is 35.0 Å². The fourth-order valence-electron chi connectivity index (χ4n) is 1.85. The van der Waals surface area contributed by atoms with Crippen LogP contribution in [0.15, 0.2) is 23.0 Å². The third-order valence-corrected chi connectivity index (χ3v) is 3.35. The zero-order valence-electron chi connectivity index (χ0n) is 12.6. The first-order valence-corrected chi connectivity index (χ1v) is 6.98. The Morgan fingerprint density at radius 2 is 2.13 bits per heavy atom. The van der Waals surface area contributed by atoms with Crippen molar-refractivity contribution in [3.63, 3.8) is 0 Å². The Bertz CT molecular complexity index is 819. The van der Waals surface area contributed by atoms with E-state index in [0.717, 1.165) is 10.1 Å². The molecule has 9 heteroatoms. The van der Waals surface area contributed by atoms with Gasteiger partial charge < -0.3 is 21.5 Å². The molecular weight excluding hydrogens is 322 g/mol. The molecule has 0 aliphatic carbocycles. The summed E-state index contributed by atoms with van der Waals surface area (Å²) in [5.41, 5.74) is 11.2. The predicted octanol–water partition coefficient (Wildman–Crippen LogP) is 0.924. The number of halogens is 1. The van der Waals surface area contributed by atoms with Gasteiger partial charge in [-0.2, -0.15) is 4.98 Å². The van der Waals surface area contributed by atoms with Crippen LogP contribution in [0.4, 0.5) is 17.5 Å². The lowest BCUT2D eigenvalue weighted by molar-refractivity contribution is -0.118. The molecule has 0 saturated carbocycles. The quantitative estimate of drug-likeness (QED) is 0.761. The topological polar surface area (TPSA) is 125 Å². The number of nitrogens with one attached hydrogen (secondary N) is 1. The molecule has 0 unspecified atom stereocenters. The van der Waals surface area contributed by atoms with Crippen molar-refractivity contribution in [1.82, 2.24) is 9.55 Å².